The summed E-state index contributed by atoms with van der Waals surface area (Å²) in [6.07, 6.45) is 4.32. The van der Waals surface area contributed by atoms with Gasteiger partial charge in [0.2, 0.25) is 0 Å². The fraction of sp³-hybridized carbons (Fsp3) is 0.357. The minimum atomic E-state index is -0.381. The first-order valence-electron chi connectivity index (χ1n) is 12.2. The lowest BCUT2D eigenvalue weighted by Crippen LogP contribution is -2.36. The number of carbonyl (C=O) groups is 2. The Hall–Kier alpha value is -2.03. The first-order valence-corrected chi connectivity index (χ1v) is 14.0. The van der Waals surface area contributed by atoms with Gasteiger partial charge >= 0.3 is 0 Å². The first kappa shape index (κ1) is 25.6. The van der Waals surface area contributed by atoms with Crippen LogP contribution in [0.4, 0.5) is 0 Å². The van der Waals surface area contributed by atoms with Crippen molar-refractivity contribution in [3.05, 3.63) is 77.6 Å². The molecule has 0 unspecified atom stereocenters. The van der Waals surface area contributed by atoms with Crippen molar-refractivity contribution >= 4 is 57.4 Å². The van der Waals surface area contributed by atoms with E-state index in [9.17, 15) is 9.59 Å². The van der Waals surface area contributed by atoms with Gasteiger partial charge in [0.25, 0.3) is 0 Å². The minimum absolute atomic E-state index is 0.117. The maximum absolute atomic E-state index is 13.2. The number of nitrogens with one attached hydrogen (secondary N) is 1. The predicted molar refractivity (Wildman–Crippen MR) is 149 cm³/mol. The van der Waals surface area contributed by atoms with Crippen molar-refractivity contribution in [2.45, 2.75) is 58.0 Å². The van der Waals surface area contributed by atoms with Crippen LogP contribution in [0.25, 0.3) is 0 Å². The van der Waals surface area contributed by atoms with Gasteiger partial charge in [0.15, 0.2) is 23.1 Å². The molecule has 3 aliphatic rings. The van der Waals surface area contributed by atoms with Gasteiger partial charge in [-0.15, -0.1) is 0 Å². The van der Waals surface area contributed by atoms with Crippen LogP contribution in [-0.2, 0) is 16.2 Å². The molecule has 188 valence electrons. The molecule has 0 saturated carbocycles. The second kappa shape index (κ2) is 10.8. The van der Waals surface area contributed by atoms with E-state index < -0.39 is 0 Å². The van der Waals surface area contributed by atoms with Gasteiger partial charge < -0.3 is 14.8 Å². The van der Waals surface area contributed by atoms with Crippen LogP contribution in [-0.4, -0.2) is 18.2 Å². The Labute approximate surface area is 234 Å². The predicted octanol–water partition coefficient (Wildman–Crippen LogP) is 7.28. The zero-order valence-electron chi connectivity index (χ0n) is 19.9. The lowest BCUT2D eigenvalue weighted by atomic mass is 9.71. The molecule has 0 atom stereocenters. The highest BCUT2D eigenvalue weighted by Gasteiger charge is 2.40. The summed E-state index contributed by atoms with van der Waals surface area (Å²) in [5.74, 6) is 1.07. The number of allylic oxidation sites excluding steroid dienone is 4. The smallest absolute Gasteiger partial charge is 0.174 e. The highest BCUT2D eigenvalue weighted by molar-refractivity contribution is 14.1. The Kier molecular flexibility index (Phi) is 7.65. The topological polar surface area (TPSA) is 64.6 Å². The van der Waals surface area contributed by atoms with Crippen molar-refractivity contribution in [2.24, 2.45) is 0 Å². The van der Waals surface area contributed by atoms with E-state index >= 15 is 0 Å². The molecular formula is C28H26Cl2INO4. The number of hydrogen-bond acceptors (Lipinski definition) is 5. The van der Waals surface area contributed by atoms with Crippen LogP contribution in [0, 0.1) is 3.57 Å². The van der Waals surface area contributed by atoms with Crippen LogP contribution in [0.1, 0.15) is 62.5 Å². The average Bonchev–Trinajstić information content (AvgIpc) is 2.85. The number of rotatable bonds is 6. The molecule has 36 heavy (non-hydrogen) atoms. The zero-order chi connectivity index (χ0) is 25.4. The first-order chi connectivity index (χ1) is 17.4. The van der Waals surface area contributed by atoms with Crippen LogP contribution in [0.3, 0.4) is 0 Å². The van der Waals surface area contributed by atoms with Crippen LogP contribution >= 0.6 is 45.8 Å². The van der Waals surface area contributed by atoms with E-state index in [-0.39, 0.29) is 17.5 Å². The normalized spacial score (nSPS) is 18.1. The van der Waals surface area contributed by atoms with Gasteiger partial charge in [0, 0.05) is 41.3 Å². The van der Waals surface area contributed by atoms with Gasteiger partial charge in [-0.1, -0.05) is 29.3 Å². The number of hydrogen-bond donors (Lipinski definition) is 1. The Morgan fingerprint density at radius 1 is 0.917 bits per heavy atom. The van der Waals surface area contributed by atoms with Crippen LogP contribution in [0.2, 0.25) is 10.0 Å². The summed E-state index contributed by atoms with van der Waals surface area (Å²) in [7, 11) is 0. The second-order valence-corrected chi connectivity index (χ2v) is 11.2. The molecule has 8 heteroatoms. The third-order valence-corrected chi connectivity index (χ3v) is 8.36. The van der Waals surface area contributed by atoms with Crippen molar-refractivity contribution in [1.29, 1.82) is 0 Å². The number of carbonyl (C=O) groups excluding carboxylic acids is 2. The third-order valence-electron chi connectivity index (χ3n) is 6.82. The van der Waals surface area contributed by atoms with Gasteiger partial charge in [-0.25, -0.2) is 0 Å². The largest absolute Gasteiger partial charge is 0.490 e. The SMILES string of the molecule is CCOc1cc(C2C3=C(CCCC3=O)NC3=C2C(=O)CCC3)cc(I)c1OCc1ccc(Cl)c(Cl)c1. The van der Waals surface area contributed by atoms with Crippen LogP contribution in [0.5, 0.6) is 11.5 Å². The lowest BCUT2D eigenvalue weighted by Gasteiger charge is -2.37. The lowest BCUT2D eigenvalue weighted by molar-refractivity contribution is -0.116. The molecule has 0 spiro atoms. The van der Waals surface area contributed by atoms with Gasteiger partial charge in [-0.2, -0.15) is 0 Å². The van der Waals surface area contributed by atoms with Crippen molar-refractivity contribution < 1.29 is 19.1 Å². The molecule has 5 rings (SSSR count). The van der Waals surface area contributed by atoms with E-state index in [1.54, 1.807) is 12.1 Å². The fourth-order valence-electron chi connectivity index (χ4n) is 5.26. The van der Waals surface area contributed by atoms with Crippen LogP contribution in [0.15, 0.2) is 52.9 Å². The van der Waals surface area contributed by atoms with Crippen molar-refractivity contribution in [1.82, 2.24) is 5.32 Å². The zero-order valence-corrected chi connectivity index (χ0v) is 23.6. The van der Waals surface area contributed by atoms with Gasteiger partial charge in [-0.05, 0) is 90.6 Å². The number of halogens is 3. The number of ketones is 2. The molecule has 2 aliphatic carbocycles. The summed E-state index contributed by atoms with van der Waals surface area (Å²) in [6, 6.07) is 9.35. The molecule has 5 nitrogen and oxygen atoms in total. The van der Waals surface area contributed by atoms with Crippen molar-refractivity contribution in [3.63, 3.8) is 0 Å². The summed E-state index contributed by atoms with van der Waals surface area (Å²) in [5.41, 5.74) is 5.18. The summed E-state index contributed by atoms with van der Waals surface area (Å²) in [6.45, 7) is 2.67. The minimum Gasteiger partial charge on any atom is -0.490 e. The molecule has 1 aliphatic heterocycles. The quantitative estimate of drug-likeness (QED) is 0.337. The molecule has 1 N–H and O–H groups in total. The standard InChI is InChI=1S/C28H26Cl2INO4/c1-2-35-24-13-16(12-19(31)28(24)36-14-15-9-10-17(29)18(30)11-15)25-26-20(5-3-7-22(26)33)32-21-6-4-8-23(34)27(21)25/h9-13,25,32H,2-8,14H2,1H3. The molecule has 0 aromatic heterocycles. The summed E-state index contributed by atoms with van der Waals surface area (Å²) in [5, 5.41) is 4.44. The number of dihydropyridines is 1. The maximum Gasteiger partial charge on any atom is 0.174 e. The highest BCUT2D eigenvalue weighted by atomic mass is 127. The molecule has 2 aromatic rings. The number of benzene rings is 2. The molecule has 0 saturated heterocycles. The van der Waals surface area contributed by atoms with E-state index in [0.29, 0.717) is 47.6 Å². The highest BCUT2D eigenvalue weighted by Crippen LogP contribution is 2.47. The summed E-state index contributed by atoms with van der Waals surface area (Å²) < 4.78 is 13.1. The van der Waals surface area contributed by atoms with Gasteiger partial charge in [0.05, 0.1) is 20.2 Å². The Balaban J connectivity index is 1.56. The average molecular weight is 638 g/mol. The number of ether oxygens (including phenoxy) is 2. The van der Waals surface area contributed by atoms with Crippen LogP contribution < -0.4 is 14.8 Å². The van der Waals surface area contributed by atoms with E-state index in [1.807, 2.05) is 25.1 Å². The summed E-state index contributed by atoms with van der Waals surface area (Å²) in [4.78, 5) is 26.3. The molecule has 0 amide bonds. The Morgan fingerprint density at radius 2 is 1.58 bits per heavy atom. The molecule has 2 aromatic carbocycles. The Morgan fingerprint density at radius 3 is 2.19 bits per heavy atom. The Bertz CT molecular complexity index is 1270. The van der Waals surface area contributed by atoms with Gasteiger partial charge in [-0.3, -0.25) is 9.59 Å². The van der Waals surface area contributed by atoms with Crippen molar-refractivity contribution in [2.75, 3.05) is 6.61 Å². The molecular weight excluding hydrogens is 612 g/mol. The van der Waals surface area contributed by atoms with Gasteiger partial charge in [0.1, 0.15) is 6.61 Å². The molecule has 0 bridgehead atoms. The van der Waals surface area contributed by atoms with E-state index in [2.05, 4.69) is 27.9 Å². The molecule has 0 fully saturated rings. The van der Waals surface area contributed by atoms with E-state index in [0.717, 1.165) is 62.9 Å². The maximum atomic E-state index is 13.2. The van der Waals surface area contributed by atoms with E-state index in [4.69, 9.17) is 32.7 Å². The third kappa shape index (κ3) is 4.92. The molecule has 0 radical (unpaired) electrons. The second-order valence-electron chi connectivity index (χ2n) is 9.20. The monoisotopic (exact) mass is 637 g/mol. The van der Waals surface area contributed by atoms with Crippen molar-refractivity contribution in [3.8, 4) is 11.5 Å². The molecule has 1 heterocycles. The number of Topliss-reactive ketones (excluding diaryl/α,β-unsaturated/α-hetero) is 2. The summed E-state index contributed by atoms with van der Waals surface area (Å²) >= 11 is 14.5. The van der Waals surface area contributed by atoms with E-state index in [1.165, 1.54) is 0 Å². The fourth-order valence-corrected chi connectivity index (χ4v) is 6.36.